The summed E-state index contributed by atoms with van der Waals surface area (Å²) in [5, 5.41) is 0. The SMILES string of the molecule is CC(=O)COC(=O)c1cccc(C)c1. The molecular formula is C11H12O3. The van der Waals surface area contributed by atoms with E-state index in [9.17, 15) is 9.59 Å². The van der Waals surface area contributed by atoms with E-state index in [1.807, 2.05) is 13.0 Å². The van der Waals surface area contributed by atoms with Gasteiger partial charge in [0.2, 0.25) is 0 Å². The molecule has 0 heterocycles. The molecule has 1 aromatic rings. The maximum Gasteiger partial charge on any atom is 0.338 e. The molecular weight excluding hydrogens is 180 g/mol. The molecule has 0 aliphatic carbocycles. The molecule has 0 unspecified atom stereocenters. The molecule has 0 bridgehead atoms. The number of carbonyl (C=O) groups is 2. The van der Waals surface area contributed by atoms with E-state index in [-0.39, 0.29) is 12.4 Å². The number of hydrogen-bond donors (Lipinski definition) is 0. The van der Waals surface area contributed by atoms with Crippen LogP contribution in [0.2, 0.25) is 0 Å². The first-order valence-electron chi connectivity index (χ1n) is 4.33. The van der Waals surface area contributed by atoms with Crippen LogP contribution in [-0.4, -0.2) is 18.4 Å². The highest BCUT2D eigenvalue weighted by Gasteiger charge is 2.07. The molecule has 74 valence electrons. The summed E-state index contributed by atoms with van der Waals surface area (Å²) >= 11 is 0. The Morgan fingerprint density at radius 2 is 2.07 bits per heavy atom. The summed E-state index contributed by atoms with van der Waals surface area (Å²) in [6.45, 7) is 3.11. The quantitative estimate of drug-likeness (QED) is 0.685. The first-order valence-corrected chi connectivity index (χ1v) is 4.33. The van der Waals surface area contributed by atoms with E-state index >= 15 is 0 Å². The minimum Gasteiger partial charge on any atom is -0.454 e. The van der Waals surface area contributed by atoms with Gasteiger partial charge in [-0.15, -0.1) is 0 Å². The molecule has 0 fully saturated rings. The first kappa shape index (κ1) is 10.4. The molecule has 0 spiro atoms. The molecule has 0 saturated heterocycles. The molecule has 0 N–H and O–H groups in total. The van der Waals surface area contributed by atoms with Crippen LogP contribution in [0.5, 0.6) is 0 Å². The number of ketones is 1. The van der Waals surface area contributed by atoms with Crippen LogP contribution in [0.15, 0.2) is 24.3 Å². The van der Waals surface area contributed by atoms with E-state index in [4.69, 9.17) is 4.74 Å². The summed E-state index contributed by atoms with van der Waals surface area (Å²) in [4.78, 5) is 21.9. The van der Waals surface area contributed by atoms with Crippen LogP contribution in [-0.2, 0) is 9.53 Å². The third kappa shape index (κ3) is 3.01. The van der Waals surface area contributed by atoms with Gasteiger partial charge in [-0.25, -0.2) is 4.79 Å². The van der Waals surface area contributed by atoms with Crippen molar-refractivity contribution in [1.29, 1.82) is 0 Å². The van der Waals surface area contributed by atoms with Gasteiger partial charge in [0.25, 0.3) is 0 Å². The minimum atomic E-state index is -0.455. The van der Waals surface area contributed by atoms with E-state index in [1.165, 1.54) is 6.92 Å². The largest absolute Gasteiger partial charge is 0.454 e. The van der Waals surface area contributed by atoms with Gasteiger partial charge in [0.05, 0.1) is 5.56 Å². The fourth-order valence-electron chi connectivity index (χ4n) is 1.02. The van der Waals surface area contributed by atoms with Crippen molar-refractivity contribution in [3.05, 3.63) is 35.4 Å². The second kappa shape index (κ2) is 4.56. The van der Waals surface area contributed by atoms with E-state index in [2.05, 4.69) is 0 Å². The first-order chi connectivity index (χ1) is 6.59. The monoisotopic (exact) mass is 192 g/mol. The Labute approximate surface area is 82.7 Å². The molecule has 1 aromatic carbocycles. The lowest BCUT2D eigenvalue weighted by molar-refractivity contribution is -0.120. The molecule has 3 nitrogen and oxygen atoms in total. The predicted octanol–water partition coefficient (Wildman–Crippen LogP) is 1.74. The molecule has 14 heavy (non-hydrogen) atoms. The zero-order valence-electron chi connectivity index (χ0n) is 8.24. The molecule has 0 atom stereocenters. The standard InChI is InChI=1S/C11H12O3/c1-8-4-3-5-10(6-8)11(13)14-7-9(2)12/h3-6H,7H2,1-2H3. The Morgan fingerprint density at radius 1 is 1.36 bits per heavy atom. The topological polar surface area (TPSA) is 43.4 Å². The maximum atomic E-state index is 11.3. The Kier molecular flexibility index (Phi) is 3.40. The van der Waals surface area contributed by atoms with E-state index in [0.717, 1.165) is 5.56 Å². The van der Waals surface area contributed by atoms with Crippen molar-refractivity contribution in [2.45, 2.75) is 13.8 Å². The minimum absolute atomic E-state index is 0.160. The Balaban J connectivity index is 2.65. The highest BCUT2D eigenvalue weighted by molar-refractivity contribution is 5.91. The number of hydrogen-bond acceptors (Lipinski definition) is 3. The van der Waals surface area contributed by atoms with Gasteiger partial charge in [0, 0.05) is 0 Å². The lowest BCUT2D eigenvalue weighted by Crippen LogP contribution is -2.11. The normalized spacial score (nSPS) is 9.57. The van der Waals surface area contributed by atoms with Crippen molar-refractivity contribution >= 4 is 11.8 Å². The van der Waals surface area contributed by atoms with Crippen molar-refractivity contribution in [2.24, 2.45) is 0 Å². The molecule has 1 rings (SSSR count). The molecule has 0 aromatic heterocycles. The van der Waals surface area contributed by atoms with Gasteiger partial charge in [0.15, 0.2) is 5.78 Å². The third-order valence-corrected chi connectivity index (χ3v) is 1.66. The van der Waals surface area contributed by atoms with Crippen molar-refractivity contribution in [3.8, 4) is 0 Å². The molecule has 0 aliphatic heterocycles. The zero-order chi connectivity index (χ0) is 10.6. The summed E-state index contributed by atoms with van der Waals surface area (Å²) in [6.07, 6.45) is 0. The third-order valence-electron chi connectivity index (χ3n) is 1.66. The average molecular weight is 192 g/mol. The van der Waals surface area contributed by atoms with Crippen molar-refractivity contribution in [1.82, 2.24) is 0 Å². The lowest BCUT2D eigenvalue weighted by atomic mass is 10.1. The van der Waals surface area contributed by atoms with Crippen LogP contribution >= 0.6 is 0 Å². The van der Waals surface area contributed by atoms with Crippen molar-refractivity contribution in [3.63, 3.8) is 0 Å². The van der Waals surface area contributed by atoms with Crippen molar-refractivity contribution < 1.29 is 14.3 Å². The van der Waals surface area contributed by atoms with Gasteiger partial charge < -0.3 is 4.74 Å². The van der Waals surface area contributed by atoms with Gasteiger partial charge in [-0.2, -0.15) is 0 Å². The molecule has 3 heteroatoms. The number of aryl methyl sites for hydroxylation is 1. The Morgan fingerprint density at radius 3 is 2.64 bits per heavy atom. The van der Waals surface area contributed by atoms with Crippen LogP contribution < -0.4 is 0 Å². The van der Waals surface area contributed by atoms with Gasteiger partial charge in [-0.05, 0) is 26.0 Å². The van der Waals surface area contributed by atoms with Gasteiger partial charge in [0.1, 0.15) is 6.61 Å². The fourth-order valence-corrected chi connectivity index (χ4v) is 1.02. The summed E-state index contributed by atoms with van der Waals surface area (Å²) in [5.74, 6) is -0.616. The zero-order valence-corrected chi connectivity index (χ0v) is 8.24. The second-order valence-electron chi connectivity index (χ2n) is 3.15. The molecule has 0 aliphatic rings. The lowest BCUT2D eigenvalue weighted by Gasteiger charge is -2.02. The number of ether oxygens (including phenoxy) is 1. The van der Waals surface area contributed by atoms with Gasteiger partial charge in [-0.1, -0.05) is 17.7 Å². The van der Waals surface area contributed by atoms with E-state index in [0.29, 0.717) is 5.56 Å². The number of rotatable bonds is 3. The number of carbonyl (C=O) groups excluding carboxylic acids is 2. The summed E-state index contributed by atoms with van der Waals surface area (Å²) in [7, 11) is 0. The molecule has 0 radical (unpaired) electrons. The van der Waals surface area contributed by atoms with Crippen LogP contribution in [0.3, 0.4) is 0 Å². The number of benzene rings is 1. The van der Waals surface area contributed by atoms with E-state index in [1.54, 1.807) is 18.2 Å². The average Bonchev–Trinajstić information content (AvgIpc) is 2.14. The van der Waals surface area contributed by atoms with E-state index < -0.39 is 5.97 Å². The maximum absolute atomic E-state index is 11.3. The Hall–Kier alpha value is -1.64. The highest BCUT2D eigenvalue weighted by Crippen LogP contribution is 2.05. The smallest absolute Gasteiger partial charge is 0.338 e. The summed E-state index contributed by atoms with van der Waals surface area (Å²) in [5.41, 5.74) is 1.47. The van der Waals surface area contributed by atoms with Crippen LogP contribution in [0.4, 0.5) is 0 Å². The Bertz CT molecular complexity index is 355. The fraction of sp³-hybridized carbons (Fsp3) is 0.273. The second-order valence-corrected chi connectivity index (χ2v) is 3.15. The number of esters is 1. The summed E-state index contributed by atoms with van der Waals surface area (Å²) < 4.78 is 4.76. The molecule has 0 amide bonds. The van der Waals surface area contributed by atoms with Crippen LogP contribution in [0.1, 0.15) is 22.8 Å². The predicted molar refractivity (Wildman–Crippen MR) is 52.1 cm³/mol. The van der Waals surface area contributed by atoms with Crippen molar-refractivity contribution in [2.75, 3.05) is 6.61 Å². The van der Waals surface area contributed by atoms with Gasteiger partial charge >= 0.3 is 5.97 Å². The molecule has 0 saturated carbocycles. The highest BCUT2D eigenvalue weighted by atomic mass is 16.5. The van der Waals surface area contributed by atoms with Crippen LogP contribution in [0, 0.1) is 6.92 Å². The number of Topliss-reactive ketones (excluding diaryl/α,β-unsaturated/α-hetero) is 1. The van der Waals surface area contributed by atoms with Gasteiger partial charge in [-0.3, -0.25) is 4.79 Å². The van der Waals surface area contributed by atoms with Crippen LogP contribution in [0.25, 0.3) is 0 Å². The summed E-state index contributed by atoms with van der Waals surface area (Å²) in [6, 6.07) is 7.05.